The van der Waals surface area contributed by atoms with Crippen LogP contribution in [0, 0.1) is 11.8 Å². The quantitative estimate of drug-likeness (QED) is 0.781. The SMILES string of the molecule is CC1CC(C)C(C)N(c2ccncc2Br)C1. The Labute approximate surface area is 106 Å². The molecule has 0 N–H and O–H groups in total. The van der Waals surface area contributed by atoms with Gasteiger partial charge in [-0.2, -0.15) is 0 Å². The van der Waals surface area contributed by atoms with Gasteiger partial charge in [-0.05, 0) is 47.2 Å². The van der Waals surface area contributed by atoms with Crippen molar-refractivity contribution >= 4 is 21.6 Å². The predicted octanol–water partition coefficient (Wildman–Crippen LogP) is 3.71. The molecular weight excluding hydrogens is 264 g/mol. The molecule has 0 aromatic carbocycles. The lowest BCUT2D eigenvalue weighted by molar-refractivity contribution is 0.297. The maximum Gasteiger partial charge on any atom is 0.0592 e. The van der Waals surface area contributed by atoms with E-state index in [1.165, 1.54) is 12.1 Å². The van der Waals surface area contributed by atoms with Crippen molar-refractivity contribution in [1.82, 2.24) is 4.98 Å². The van der Waals surface area contributed by atoms with E-state index >= 15 is 0 Å². The van der Waals surface area contributed by atoms with Crippen LogP contribution in [0.1, 0.15) is 27.2 Å². The van der Waals surface area contributed by atoms with Crippen LogP contribution in [0.5, 0.6) is 0 Å². The van der Waals surface area contributed by atoms with Crippen LogP contribution in [0.25, 0.3) is 0 Å². The third-order valence-corrected chi connectivity index (χ3v) is 4.27. The van der Waals surface area contributed by atoms with Crippen LogP contribution in [-0.2, 0) is 0 Å². The van der Waals surface area contributed by atoms with E-state index in [-0.39, 0.29) is 0 Å². The molecule has 1 aliphatic heterocycles. The molecule has 1 aliphatic rings. The molecule has 1 saturated heterocycles. The lowest BCUT2D eigenvalue weighted by Gasteiger charge is -2.43. The molecule has 1 aromatic rings. The zero-order chi connectivity index (χ0) is 11.7. The minimum atomic E-state index is 0.606. The molecule has 0 bridgehead atoms. The summed E-state index contributed by atoms with van der Waals surface area (Å²) in [6.07, 6.45) is 5.09. The molecular formula is C13H19BrN2. The van der Waals surface area contributed by atoms with Gasteiger partial charge in [-0.3, -0.25) is 4.98 Å². The van der Waals surface area contributed by atoms with Gasteiger partial charge in [0.2, 0.25) is 0 Å². The van der Waals surface area contributed by atoms with E-state index < -0.39 is 0 Å². The van der Waals surface area contributed by atoms with Gasteiger partial charge < -0.3 is 4.90 Å². The summed E-state index contributed by atoms with van der Waals surface area (Å²) in [6.45, 7) is 8.16. The third kappa shape index (κ3) is 2.24. The molecule has 0 amide bonds. The maximum absolute atomic E-state index is 4.13. The number of aromatic nitrogens is 1. The highest BCUT2D eigenvalue weighted by molar-refractivity contribution is 9.10. The van der Waals surface area contributed by atoms with Gasteiger partial charge in [0.1, 0.15) is 0 Å². The standard InChI is InChI=1S/C13H19BrN2/c1-9-6-10(2)11(3)16(8-9)13-4-5-15-7-12(13)14/h4-5,7,9-11H,6,8H2,1-3H3. The van der Waals surface area contributed by atoms with Gasteiger partial charge in [-0.1, -0.05) is 13.8 Å². The highest BCUT2D eigenvalue weighted by Gasteiger charge is 2.29. The first-order chi connectivity index (χ1) is 7.59. The Kier molecular flexibility index (Phi) is 3.53. The van der Waals surface area contributed by atoms with Crippen molar-refractivity contribution in [1.29, 1.82) is 0 Å². The molecule has 2 nitrogen and oxygen atoms in total. The number of rotatable bonds is 1. The Morgan fingerprint density at radius 1 is 1.38 bits per heavy atom. The molecule has 16 heavy (non-hydrogen) atoms. The number of hydrogen-bond donors (Lipinski definition) is 0. The van der Waals surface area contributed by atoms with E-state index in [1.54, 1.807) is 0 Å². The molecule has 0 spiro atoms. The molecule has 0 radical (unpaired) electrons. The largest absolute Gasteiger partial charge is 0.367 e. The topological polar surface area (TPSA) is 16.1 Å². The van der Waals surface area contributed by atoms with E-state index in [1.807, 2.05) is 12.4 Å². The minimum absolute atomic E-state index is 0.606. The third-order valence-electron chi connectivity index (χ3n) is 3.66. The zero-order valence-electron chi connectivity index (χ0n) is 10.2. The molecule has 88 valence electrons. The summed E-state index contributed by atoms with van der Waals surface area (Å²) in [7, 11) is 0. The van der Waals surface area contributed by atoms with Gasteiger partial charge in [0.05, 0.1) is 10.2 Å². The Hall–Kier alpha value is -0.570. The van der Waals surface area contributed by atoms with E-state index in [4.69, 9.17) is 0 Å². The van der Waals surface area contributed by atoms with Crippen molar-refractivity contribution in [3.8, 4) is 0 Å². The fourth-order valence-corrected chi connectivity index (χ4v) is 3.11. The fourth-order valence-electron chi connectivity index (χ4n) is 2.63. The van der Waals surface area contributed by atoms with Crippen molar-refractivity contribution in [2.45, 2.75) is 33.2 Å². The molecule has 3 unspecified atom stereocenters. The smallest absolute Gasteiger partial charge is 0.0592 e. The monoisotopic (exact) mass is 282 g/mol. The second-order valence-corrected chi connectivity index (χ2v) is 5.89. The summed E-state index contributed by atoms with van der Waals surface area (Å²) in [5.74, 6) is 1.52. The van der Waals surface area contributed by atoms with Crippen LogP contribution in [0.15, 0.2) is 22.9 Å². The molecule has 1 fully saturated rings. The van der Waals surface area contributed by atoms with Crippen molar-refractivity contribution < 1.29 is 0 Å². The zero-order valence-corrected chi connectivity index (χ0v) is 11.7. The van der Waals surface area contributed by atoms with Crippen LogP contribution < -0.4 is 4.90 Å². The lowest BCUT2D eigenvalue weighted by atomic mass is 9.86. The van der Waals surface area contributed by atoms with Crippen molar-refractivity contribution in [2.75, 3.05) is 11.4 Å². The number of pyridine rings is 1. The van der Waals surface area contributed by atoms with Crippen molar-refractivity contribution in [3.05, 3.63) is 22.9 Å². The molecule has 3 atom stereocenters. The van der Waals surface area contributed by atoms with Crippen LogP contribution in [-0.4, -0.2) is 17.6 Å². The Morgan fingerprint density at radius 2 is 2.12 bits per heavy atom. The number of nitrogens with zero attached hydrogens (tertiary/aromatic N) is 2. The summed E-state index contributed by atoms with van der Waals surface area (Å²) >= 11 is 3.59. The molecule has 0 saturated carbocycles. The van der Waals surface area contributed by atoms with Crippen LogP contribution in [0.2, 0.25) is 0 Å². The summed E-state index contributed by atoms with van der Waals surface area (Å²) in [5, 5.41) is 0. The van der Waals surface area contributed by atoms with Gasteiger partial charge in [0.15, 0.2) is 0 Å². The normalized spacial score (nSPS) is 30.5. The highest BCUT2D eigenvalue weighted by Crippen LogP contribution is 2.34. The Balaban J connectivity index is 2.29. The summed E-state index contributed by atoms with van der Waals surface area (Å²) in [5.41, 5.74) is 1.28. The number of anilines is 1. The molecule has 2 rings (SSSR count). The molecule has 2 heterocycles. The van der Waals surface area contributed by atoms with Crippen molar-refractivity contribution in [3.63, 3.8) is 0 Å². The summed E-state index contributed by atoms with van der Waals surface area (Å²) in [4.78, 5) is 6.63. The first-order valence-corrected chi connectivity index (χ1v) is 6.75. The molecule has 1 aromatic heterocycles. The number of halogens is 1. The van der Waals surface area contributed by atoms with Gasteiger partial charge in [0, 0.05) is 25.0 Å². The molecule has 3 heteroatoms. The Morgan fingerprint density at radius 3 is 2.81 bits per heavy atom. The fraction of sp³-hybridized carbons (Fsp3) is 0.615. The second-order valence-electron chi connectivity index (χ2n) is 5.04. The first-order valence-electron chi connectivity index (χ1n) is 5.95. The second kappa shape index (κ2) is 4.74. The van der Waals surface area contributed by atoms with E-state index in [9.17, 15) is 0 Å². The highest BCUT2D eigenvalue weighted by atomic mass is 79.9. The number of hydrogen-bond acceptors (Lipinski definition) is 2. The Bertz CT molecular complexity index is 367. The van der Waals surface area contributed by atoms with E-state index in [0.717, 1.165) is 22.9 Å². The minimum Gasteiger partial charge on any atom is -0.367 e. The average Bonchev–Trinajstić information content (AvgIpc) is 2.24. The van der Waals surface area contributed by atoms with E-state index in [0.29, 0.717) is 6.04 Å². The summed E-state index contributed by atoms with van der Waals surface area (Å²) < 4.78 is 1.10. The van der Waals surface area contributed by atoms with Crippen LogP contribution in [0.4, 0.5) is 5.69 Å². The van der Waals surface area contributed by atoms with Crippen molar-refractivity contribution in [2.24, 2.45) is 11.8 Å². The van der Waals surface area contributed by atoms with Gasteiger partial charge >= 0.3 is 0 Å². The van der Waals surface area contributed by atoms with Crippen LogP contribution >= 0.6 is 15.9 Å². The van der Waals surface area contributed by atoms with Gasteiger partial charge in [0.25, 0.3) is 0 Å². The van der Waals surface area contributed by atoms with Gasteiger partial charge in [-0.15, -0.1) is 0 Å². The molecule has 0 aliphatic carbocycles. The first kappa shape index (κ1) is 11.9. The lowest BCUT2D eigenvalue weighted by Crippen LogP contribution is -2.46. The predicted molar refractivity (Wildman–Crippen MR) is 71.7 cm³/mol. The maximum atomic E-state index is 4.13. The summed E-state index contributed by atoms with van der Waals surface area (Å²) in [6, 6.07) is 2.71. The van der Waals surface area contributed by atoms with Gasteiger partial charge in [-0.25, -0.2) is 0 Å². The van der Waals surface area contributed by atoms with Crippen LogP contribution in [0.3, 0.4) is 0 Å². The van der Waals surface area contributed by atoms with E-state index in [2.05, 4.69) is 52.7 Å². The number of piperidine rings is 1. The average molecular weight is 283 g/mol.